The highest BCUT2D eigenvalue weighted by atomic mass is 16.5. The summed E-state index contributed by atoms with van der Waals surface area (Å²) in [4.78, 5) is 12.0. The highest BCUT2D eigenvalue weighted by Crippen LogP contribution is 2.21. The standard InChI is InChI=1S/C11H20N2O3/c1-7-8(3-4-16-7)11(14)13-9-5-12-6-10(9)15-2/h7-10,12H,3-6H2,1-2H3,(H,13,14)/t7?,8?,9?,10-/m0/s1. The van der Waals surface area contributed by atoms with Crippen LogP contribution in [-0.2, 0) is 14.3 Å². The van der Waals surface area contributed by atoms with Crippen LogP contribution in [0.25, 0.3) is 0 Å². The molecule has 0 aromatic carbocycles. The Hall–Kier alpha value is -0.650. The van der Waals surface area contributed by atoms with Crippen LogP contribution >= 0.6 is 0 Å². The number of carbonyl (C=O) groups excluding carboxylic acids is 1. The molecule has 2 heterocycles. The lowest BCUT2D eigenvalue weighted by molar-refractivity contribution is -0.127. The molecular weight excluding hydrogens is 208 g/mol. The van der Waals surface area contributed by atoms with Crippen LogP contribution in [-0.4, -0.2) is 51.0 Å². The molecular formula is C11H20N2O3. The molecule has 0 aromatic heterocycles. The third-order valence-corrected chi connectivity index (χ3v) is 3.50. The summed E-state index contributed by atoms with van der Waals surface area (Å²) in [5.74, 6) is 0.0962. The number of hydrogen-bond acceptors (Lipinski definition) is 4. The third kappa shape index (κ3) is 2.36. The predicted molar refractivity (Wildman–Crippen MR) is 59.1 cm³/mol. The van der Waals surface area contributed by atoms with Crippen molar-refractivity contribution in [3.8, 4) is 0 Å². The van der Waals surface area contributed by atoms with Gasteiger partial charge in [0.1, 0.15) is 0 Å². The summed E-state index contributed by atoms with van der Waals surface area (Å²) in [6, 6.07) is 0.0882. The van der Waals surface area contributed by atoms with Gasteiger partial charge >= 0.3 is 0 Å². The highest BCUT2D eigenvalue weighted by molar-refractivity contribution is 5.79. The Morgan fingerprint density at radius 3 is 2.94 bits per heavy atom. The molecule has 16 heavy (non-hydrogen) atoms. The van der Waals surface area contributed by atoms with E-state index in [2.05, 4.69) is 10.6 Å². The number of amides is 1. The van der Waals surface area contributed by atoms with Crippen molar-refractivity contribution in [1.82, 2.24) is 10.6 Å². The van der Waals surface area contributed by atoms with E-state index in [9.17, 15) is 4.79 Å². The van der Waals surface area contributed by atoms with Crippen LogP contribution in [0.2, 0.25) is 0 Å². The van der Waals surface area contributed by atoms with Gasteiger partial charge in [-0.25, -0.2) is 0 Å². The van der Waals surface area contributed by atoms with E-state index in [1.54, 1.807) is 7.11 Å². The molecule has 3 unspecified atom stereocenters. The van der Waals surface area contributed by atoms with Crippen molar-refractivity contribution < 1.29 is 14.3 Å². The molecule has 2 fully saturated rings. The van der Waals surface area contributed by atoms with Crippen LogP contribution in [0.15, 0.2) is 0 Å². The van der Waals surface area contributed by atoms with Crippen LogP contribution in [0.4, 0.5) is 0 Å². The number of carbonyl (C=O) groups is 1. The number of hydrogen-bond donors (Lipinski definition) is 2. The summed E-state index contributed by atoms with van der Waals surface area (Å²) in [5, 5.41) is 6.26. The Morgan fingerprint density at radius 2 is 2.31 bits per heavy atom. The number of nitrogens with one attached hydrogen (secondary N) is 2. The average Bonchev–Trinajstić information content (AvgIpc) is 2.86. The van der Waals surface area contributed by atoms with Crippen LogP contribution in [0.5, 0.6) is 0 Å². The van der Waals surface area contributed by atoms with Crippen LogP contribution in [0.1, 0.15) is 13.3 Å². The molecule has 92 valence electrons. The van der Waals surface area contributed by atoms with E-state index in [1.165, 1.54) is 0 Å². The number of ether oxygens (including phenoxy) is 2. The first-order valence-electron chi connectivity index (χ1n) is 5.88. The second kappa shape index (κ2) is 5.12. The molecule has 2 aliphatic heterocycles. The van der Waals surface area contributed by atoms with Crippen molar-refractivity contribution in [2.24, 2.45) is 5.92 Å². The first-order chi connectivity index (χ1) is 7.72. The molecule has 0 bridgehead atoms. The first kappa shape index (κ1) is 11.8. The van der Waals surface area contributed by atoms with E-state index in [0.29, 0.717) is 6.61 Å². The van der Waals surface area contributed by atoms with Gasteiger partial charge in [-0.3, -0.25) is 4.79 Å². The van der Waals surface area contributed by atoms with Gasteiger partial charge in [-0.1, -0.05) is 0 Å². The maximum absolute atomic E-state index is 12.0. The molecule has 0 aliphatic carbocycles. The minimum Gasteiger partial charge on any atom is -0.378 e. The van der Waals surface area contributed by atoms with Crippen LogP contribution < -0.4 is 10.6 Å². The van der Waals surface area contributed by atoms with Gasteiger partial charge in [-0.05, 0) is 13.3 Å². The molecule has 0 aromatic rings. The fraction of sp³-hybridized carbons (Fsp3) is 0.909. The van der Waals surface area contributed by atoms with Crippen LogP contribution in [0, 0.1) is 5.92 Å². The van der Waals surface area contributed by atoms with E-state index in [-0.39, 0.29) is 30.1 Å². The second-order valence-electron chi connectivity index (χ2n) is 4.52. The monoisotopic (exact) mass is 228 g/mol. The van der Waals surface area contributed by atoms with Gasteiger partial charge < -0.3 is 20.1 Å². The fourth-order valence-corrected chi connectivity index (χ4v) is 2.41. The van der Waals surface area contributed by atoms with E-state index in [1.807, 2.05) is 6.92 Å². The second-order valence-corrected chi connectivity index (χ2v) is 4.52. The summed E-state index contributed by atoms with van der Waals surface area (Å²) in [6.07, 6.45) is 0.946. The summed E-state index contributed by atoms with van der Waals surface area (Å²) in [7, 11) is 1.68. The van der Waals surface area contributed by atoms with Gasteiger partial charge in [0, 0.05) is 26.8 Å². The fourth-order valence-electron chi connectivity index (χ4n) is 2.41. The van der Waals surface area contributed by atoms with Gasteiger partial charge in [0.15, 0.2) is 0 Å². The molecule has 4 atom stereocenters. The minimum absolute atomic E-state index is 0.00175. The molecule has 5 nitrogen and oxygen atoms in total. The van der Waals surface area contributed by atoms with Crippen molar-refractivity contribution in [2.75, 3.05) is 26.8 Å². The minimum atomic E-state index is -0.00175. The Labute approximate surface area is 95.9 Å². The summed E-state index contributed by atoms with van der Waals surface area (Å²) >= 11 is 0. The van der Waals surface area contributed by atoms with Crippen molar-refractivity contribution >= 4 is 5.91 Å². The summed E-state index contributed by atoms with van der Waals surface area (Å²) in [5.41, 5.74) is 0. The third-order valence-electron chi connectivity index (χ3n) is 3.50. The lowest BCUT2D eigenvalue weighted by atomic mass is 10.0. The van der Waals surface area contributed by atoms with E-state index in [4.69, 9.17) is 9.47 Å². The molecule has 0 saturated carbocycles. The predicted octanol–water partition coefficient (Wildman–Crippen LogP) is -0.486. The van der Waals surface area contributed by atoms with Crippen molar-refractivity contribution in [3.05, 3.63) is 0 Å². The molecule has 2 rings (SSSR count). The quantitative estimate of drug-likeness (QED) is 0.684. The maximum Gasteiger partial charge on any atom is 0.226 e. The van der Waals surface area contributed by atoms with Crippen LogP contribution in [0.3, 0.4) is 0 Å². The summed E-state index contributed by atoms with van der Waals surface area (Å²) < 4.78 is 10.7. The highest BCUT2D eigenvalue weighted by Gasteiger charge is 2.34. The van der Waals surface area contributed by atoms with Gasteiger partial charge in [0.05, 0.1) is 24.2 Å². The Kier molecular flexibility index (Phi) is 3.78. The van der Waals surface area contributed by atoms with Gasteiger partial charge in [-0.2, -0.15) is 0 Å². The van der Waals surface area contributed by atoms with Crippen molar-refractivity contribution in [1.29, 1.82) is 0 Å². The Balaban J connectivity index is 1.86. The topological polar surface area (TPSA) is 59.6 Å². The number of rotatable bonds is 3. The van der Waals surface area contributed by atoms with E-state index < -0.39 is 0 Å². The molecule has 1 amide bonds. The SMILES string of the molecule is CO[C@H]1CNCC1NC(=O)C1CCOC1C. The summed E-state index contributed by atoms with van der Waals surface area (Å²) in [6.45, 7) is 4.23. The van der Waals surface area contributed by atoms with Gasteiger partial charge in [-0.15, -0.1) is 0 Å². The number of methoxy groups -OCH3 is 1. The van der Waals surface area contributed by atoms with E-state index in [0.717, 1.165) is 19.5 Å². The average molecular weight is 228 g/mol. The molecule has 2 aliphatic rings. The molecule has 2 N–H and O–H groups in total. The zero-order valence-corrected chi connectivity index (χ0v) is 9.86. The lowest BCUT2D eigenvalue weighted by Gasteiger charge is -2.21. The molecule has 2 saturated heterocycles. The van der Waals surface area contributed by atoms with Gasteiger partial charge in [0.2, 0.25) is 5.91 Å². The molecule has 5 heteroatoms. The Morgan fingerprint density at radius 1 is 1.50 bits per heavy atom. The zero-order chi connectivity index (χ0) is 11.5. The van der Waals surface area contributed by atoms with Gasteiger partial charge in [0.25, 0.3) is 0 Å². The first-order valence-corrected chi connectivity index (χ1v) is 5.88. The smallest absolute Gasteiger partial charge is 0.226 e. The molecule has 0 spiro atoms. The largest absolute Gasteiger partial charge is 0.378 e. The molecule has 0 radical (unpaired) electrons. The van der Waals surface area contributed by atoms with Crippen molar-refractivity contribution in [3.63, 3.8) is 0 Å². The zero-order valence-electron chi connectivity index (χ0n) is 9.86. The maximum atomic E-state index is 12.0. The van der Waals surface area contributed by atoms with Crippen molar-refractivity contribution in [2.45, 2.75) is 31.6 Å². The van der Waals surface area contributed by atoms with E-state index >= 15 is 0 Å². The normalized spacial score (nSPS) is 38.9. The Bertz CT molecular complexity index is 260. The lowest BCUT2D eigenvalue weighted by Crippen LogP contribution is -2.47.